The van der Waals surface area contributed by atoms with Gasteiger partial charge >= 0.3 is 6.18 Å². The number of halogens is 3. The number of hydrogen-bond acceptors (Lipinski definition) is 1. The molecule has 156 valence electrons. The van der Waals surface area contributed by atoms with Crippen LogP contribution in [0.2, 0.25) is 0 Å². The fourth-order valence-corrected chi connectivity index (χ4v) is 3.98. The minimum atomic E-state index is -4.36. The summed E-state index contributed by atoms with van der Waals surface area (Å²) in [7, 11) is 0. The van der Waals surface area contributed by atoms with Gasteiger partial charge in [0, 0.05) is 13.0 Å². The van der Waals surface area contributed by atoms with E-state index in [1.54, 1.807) is 0 Å². The van der Waals surface area contributed by atoms with Gasteiger partial charge in [-0.1, -0.05) is 57.2 Å². The highest BCUT2D eigenvalue weighted by Gasteiger charge is 2.32. The molecule has 1 aliphatic carbocycles. The third-order valence-corrected chi connectivity index (χ3v) is 5.35. The van der Waals surface area contributed by atoms with Crippen LogP contribution in [0.3, 0.4) is 0 Å². The molecule has 29 heavy (non-hydrogen) atoms. The fraction of sp³-hybridized carbons (Fsp3) is 0.458. The van der Waals surface area contributed by atoms with Crippen LogP contribution in [-0.4, -0.2) is 10.8 Å². The number of hydrogen-bond donors (Lipinski definition) is 0. The minimum absolute atomic E-state index is 0.0408. The van der Waals surface area contributed by atoms with Crippen molar-refractivity contribution in [1.29, 1.82) is 0 Å². The predicted octanol–water partition coefficient (Wildman–Crippen LogP) is 6.55. The fourth-order valence-electron chi connectivity index (χ4n) is 3.98. The van der Waals surface area contributed by atoms with Crippen molar-refractivity contribution in [2.24, 2.45) is 5.41 Å². The lowest BCUT2D eigenvalue weighted by atomic mass is 9.85. The number of aryl methyl sites for hydroxylation is 1. The Hall–Kier alpha value is -2.30. The van der Waals surface area contributed by atoms with Crippen molar-refractivity contribution in [1.82, 2.24) is 4.90 Å². The van der Waals surface area contributed by atoms with E-state index in [0.29, 0.717) is 18.5 Å². The van der Waals surface area contributed by atoms with Gasteiger partial charge in [-0.2, -0.15) is 13.2 Å². The van der Waals surface area contributed by atoms with E-state index < -0.39 is 11.7 Å². The molecule has 0 saturated heterocycles. The van der Waals surface area contributed by atoms with Gasteiger partial charge in [0.1, 0.15) is 0 Å². The molecule has 0 saturated carbocycles. The molecule has 0 radical (unpaired) electrons. The van der Waals surface area contributed by atoms with Crippen LogP contribution in [0.4, 0.5) is 13.2 Å². The normalized spacial score (nSPS) is 17.0. The highest BCUT2D eigenvalue weighted by Crippen LogP contribution is 2.37. The molecule has 2 nitrogen and oxygen atoms in total. The maximum Gasteiger partial charge on any atom is 0.416 e. The van der Waals surface area contributed by atoms with E-state index in [9.17, 15) is 18.0 Å². The molecule has 5 heteroatoms. The van der Waals surface area contributed by atoms with E-state index in [4.69, 9.17) is 0 Å². The summed E-state index contributed by atoms with van der Waals surface area (Å²) < 4.78 is 38.7. The average Bonchev–Trinajstić information content (AvgIpc) is 2.64. The predicted molar refractivity (Wildman–Crippen MR) is 108 cm³/mol. The molecule has 3 rings (SSSR count). The Kier molecular flexibility index (Phi) is 6.06. The van der Waals surface area contributed by atoms with Crippen LogP contribution in [0, 0.1) is 5.41 Å². The summed E-state index contributed by atoms with van der Waals surface area (Å²) in [6.45, 7) is 6.38. The van der Waals surface area contributed by atoms with Crippen LogP contribution in [0.15, 0.2) is 48.5 Å². The summed E-state index contributed by atoms with van der Waals surface area (Å²) in [6.07, 6.45) is -1.11. The first-order valence-corrected chi connectivity index (χ1v) is 10.1. The first-order valence-electron chi connectivity index (χ1n) is 10.1. The van der Waals surface area contributed by atoms with E-state index in [0.717, 1.165) is 37.0 Å². The van der Waals surface area contributed by atoms with Gasteiger partial charge in [0.15, 0.2) is 0 Å². The Morgan fingerprint density at radius 3 is 2.31 bits per heavy atom. The van der Waals surface area contributed by atoms with Gasteiger partial charge < -0.3 is 4.90 Å². The van der Waals surface area contributed by atoms with Crippen LogP contribution in [0.1, 0.15) is 68.3 Å². The second kappa shape index (κ2) is 8.21. The van der Waals surface area contributed by atoms with Gasteiger partial charge in [-0.25, -0.2) is 0 Å². The number of rotatable bonds is 4. The van der Waals surface area contributed by atoms with Gasteiger partial charge in [-0.05, 0) is 53.5 Å². The van der Waals surface area contributed by atoms with Crippen LogP contribution in [0.25, 0.3) is 0 Å². The summed E-state index contributed by atoms with van der Waals surface area (Å²) in [5.74, 6) is 0.0408. The number of amides is 1. The molecule has 0 N–H and O–H groups in total. The van der Waals surface area contributed by atoms with Crippen LogP contribution < -0.4 is 0 Å². The molecule has 0 spiro atoms. The summed E-state index contributed by atoms with van der Waals surface area (Å²) in [5.41, 5.74) is 2.29. The first kappa shape index (κ1) is 21.4. The molecule has 1 atom stereocenters. The molecule has 1 amide bonds. The minimum Gasteiger partial charge on any atom is -0.331 e. The molecule has 0 fully saturated rings. The number of benzene rings is 2. The first-order chi connectivity index (χ1) is 13.5. The summed E-state index contributed by atoms with van der Waals surface area (Å²) in [5, 5.41) is 0. The lowest BCUT2D eigenvalue weighted by molar-refractivity contribution is -0.138. The number of nitrogens with zero attached hydrogens (tertiary/aromatic N) is 1. The number of alkyl halides is 3. The highest BCUT2D eigenvalue weighted by molar-refractivity contribution is 5.77. The Labute approximate surface area is 170 Å². The number of carbonyl (C=O) groups excluding carboxylic acids is 1. The zero-order valence-corrected chi connectivity index (χ0v) is 17.2. The molecular weight excluding hydrogens is 375 g/mol. The Morgan fingerprint density at radius 2 is 1.69 bits per heavy atom. The molecule has 0 aromatic heterocycles. The SMILES string of the molecule is CC(C)(C)CC(=O)N(Cc1ccc(C(F)(F)F)cc1)C1CCCc2ccccc21. The average molecular weight is 403 g/mol. The monoisotopic (exact) mass is 403 g/mol. The van der Waals surface area contributed by atoms with E-state index in [1.807, 2.05) is 37.8 Å². The van der Waals surface area contributed by atoms with E-state index in [2.05, 4.69) is 12.1 Å². The van der Waals surface area contributed by atoms with Crippen molar-refractivity contribution in [3.05, 3.63) is 70.8 Å². The lowest BCUT2D eigenvalue weighted by Crippen LogP contribution is -2.38. The molecule has 1 unspecified atom stereocenters. The topological polar surface area (TPSA) is 20.3 Å². The maximum absolute atomic E-state index is 13.2. The number of carbonyl (C=O) groups is 1. The van der Waals surface area contributed by atoms with Gasteiger partial charge in [-0.3, -0.25) is 4.79 Å². The lowest BCUT2D eigenvalue weighted by Gasteiger charge is -2.37. The maximum atomic E-state index is 13.2. The third kappa shape index (κ3) is 5.40. The van der Waals surface area contributed by atoms with Crippen molar-refractivity contribution >= 4 is 5.91 Å². The molecule has 1 aliphatic rings. The van der Waals surface area contributed by atoms with Crippen LogP contribution in [-0.2, 0) is 23.9 Å². The van der Waals surface area contributed by atoms with Crippen LogP contribution in [0.5, 0.6) is 0 Å². The molecular formula is C24H28F3NO. The Morgan fingerprint density at radius 1 is 1.03 bits per heavy atom. The standard InChI is InChI=1S/C24H28F3NO/c1-23(2,3)15-22(29)28(16-17-11-13-19(14-12-17)24(25,26)27)21-10-6-8-18-7-4-5-9-20(18)21/h4-5,7,9,11-14,21H,6,8,10,15-16H2,1-3H3. The second-order valence-corrected chi connectivity index (χ2v) is 9.06. The zero-order valence-electron chi connectivity index (χ0n) is 17.2. The molecule has 0 bridgehead atoms. The van der Waals surface area contributed by atoms with Crippen molar-refractivity contribution in [3.63, 3.8) is 0 Å². The second-order valence-electron chi connectivity index (χ2n) is 9.06. The molecule has 2 aromatic rings. The summed E-state index contributed by atoms with van der Waals surface area (Å²) in [6, 6.07) is 13.3. The third-order valence-electron chi connectivity index (χ3n) is 5.35. The highest BCUT2D eigenvalue weighted by atomic mass is 19.4. The van der Waals surface area contributed by atoms with Crippen molar-refractivity contribution in [2.45, 2.75) is 65.2 Å². The van der Waals surface area contributed by atoms with Gasteiger partial charge in [-0.15, -0.1) is 0 Å². The van der Waals surface area contributed by atoms with Crippen LogP contribution >= 0.6 is 0 Å². The van der Waals surface area contributed by atoms with E-state index in [1.165, 1.54) is 17.7 Å². The molecule has 0 heterocycles. The van der Waals surface area contributed by atoms with Crippen molar-refractivity contribution in [2.75, 3.05) is 0 Å². The smallest absolute Gasteiger partial charge is 0.331 e. The Bertz CT molecular complexity index is 850. The summed E-state index contributed by atoms with van der Waals surface area (Å²) in [4.78, 5) is 15.1. The zero-order chi connectivity index (χ0) is 21.2. The Balaban J connectivity index is 1.91. The van der Waals surface area contributed by atoms with E-state index in [-0.39, 0.29) is 17.4 Å². The largest absolute Gasteiger partial charge is 0.416 e. The molecule has 2 aromatic carbocycles. The van der Waals surface area contributed by atoms with Gasteiger partial charge in [0.2, 0.25) is 5.91 Å². The summed E-state index contributed by atoms with van der Waals surface area (Å²) >= 11 is 0. The van der Waals surface area contributed by atoms with Gasteiger partial charge in [0.05, 0.1) is 11.6 Å². The van der Waals surface area contributed by atoms with E-state index >= 15 is 0 Å². The number of fused-ring (bicyclic) bond motifs is 1. The van der Waals surface area contributed by atoms with Crippen molar-refractivity contribution < 1.29 is 18.0 Å². The quantitative estimate of drug-likeness (QED) is 0.567. The van der Waals surface area contributed by atoms with Gasteiger partial charge in [0.25, 0.3) is 0 Å². The molecule has 0 aliphatic heterocycles. The van der Waals surface area contributed by atoms with Crippen molar-refractivity contribution in [3.8, 4) is 0 Å².